The number of rotatable bonds is 3. The molecule has 0 aliphatic carbocycles. The number of halogens is 4. The summed E-state index contributed by atoms with van der Waals surface area (Å²) in [7, 11) is 0. The van der Waals surface area contributed by atoms with Gasteiger partial charge in [0.15, 0.2) is 0 Å². The molecule has 0 radical (unpaired) electrons. The van der Waals surface area contributed by atoms with E-state index in [1.807, 2.05) is 0 Å². The second-order valence-corrected chi connectivity index (χ2v) is 6.63. The summed E-state index contributed by atoms with van der Waals surface area (Å²) < 4.78 is 42.2. The van der Waals surface area contributed by atoms with Gasteiger partial charge in [0, 0.05) is 4.47 Å². The quantitative estimate of drug-likeness (QED) is 0.569. The summed E-state index contributed by atoms with van der Waals surface area (Å²) in [4.78, 5) is 12.8. The number of nitrogens with zero attached hydrogens (tertiary/aromatic N) is 2. The molecule has 0 N–H and O–H groups in total. The summed E-state index contributed by atoms with van der Waals surface area (Å²) in [5, 5.41) is 9.20. The van der Waals surface area contributed by atoms with Crippen molar-refractivity contribution in [2.45, 2.75) is 12.7 Å². The smallest absolute Gasteiger partial charge is 0.303 e. The van der Waals surface area contributed by atoms with Crippen LogP contribution in [0.3, 0.4) is 0 Å². The molecule has 0 saturated heterocycles. The van der Waals surface area contributed by atoms with Crippen molar-refractivity contribution in [3.8, 4) is 17.3 Å². The fourth-order valence-corrected chi connectivity index (χ4v) is 3.19. The van der Waals surface area contributed by atoms with Crippen LogP contribution in [0.5, 0.6) is 0 Å². The summed E-state index contributed by atoms with van der Waals surface area (Å²) in [5.41, 5.74) is -1.84. The Balaban J connectivity index is 2.33. The standard InChI is InChI=1S/C20H12BrF3N2O/c21-17-9-5-4-8-14(17)12-26-18(13-6-2-1-3-7-13)10-16(20(22,23)24)15(11-25)19(26)27/h1-10H,12H2. The van der Waals surface area contributed by atoms with Crippen LogP contribution in [-0.4, -0.2) is 4.57 Å². The highest BCUT2D eigenvalue weighted by Gasteiger charge is 2.36. The van der Waals surface area contributed by atoms with Crippen LogP contribution in [0.1, 0.15) is 16.7 Å². The van der Waals surface area contributed by atoms with Gasteiger partial charge < -0.3 is 4.57 Å². The van der Waals surface area contributed by atoms with Gasteiger partial charge in [-0.3, -0.25) is 4.79 Å². The Morgan fingerprint density at radius 3 is 2.26 bits per heavy atom. The van der Waals surface area contributed by atoms with Gasteiger partial charge in [-0.15, -0.1) is 0 Å². The van der Waals surface area contributed by atoms with E-state index in [0.29, 0.717) is 15.6 Å². The molecule has 0 amide bonds. The number of benzene rings is 2. The van der Waals surface area contributed by atoms with Crippen LogP contribution in [0.4, 0.5) is 13.2 Å². The number of alkyl halides is 3. The van der Waals surface area contributed by atoms with Gasteiger partial charge in [-0.1, -0.05) is 64.5 Å². The zero-order chi connectivity index (χ0) is 19.6. The van der Waals surface area contributed by atoms with Crippen molar-refractivity contribution in [2.24, 2.45) is 0 Å². The summed E-state index contributed by atoms with van der Waals surface area (Å²) in [6.45, 7) is 0.0251. The van der Waals surface area contributed by atoms with E-state index in [0.717, 1.165) is 6.07 Å². The van der Waals surface area contributed by atoms with Crippen LogP contribution in [0, 0.1) is 11.3 Å². The van der Waals surface area contributed by atoms with E-state index in [1.54, 1.807) is 54.6 Å². The van der Waals surface area contributed by atoms with Crippen LogP contribution >= 0.6 is 15.9 Å². The van der Waals surface area contributed by atoms with Gasteiger partial charge in [0.25, 0.3) is 5.56 Å². The number of hydrogen-bond donors (Lipinski definition) is 0. The molecule has 27 heavy (non-hydrogen) atoms. The molecular weight excluding hydrogens is 421 g/mol. The van der Waals surface area contributed by atoms with Gasteiger partial charge in [0.2, 0.25) is 0 Å². The van der Waals surface area contributed by atoms with Crippen molar-refractivity contribution in [1.82, 2.24) is 4.57 Å². The molecule has 1 aromatic heterocycles. The van der Waals surface area contributed by atoms with E-state index >= 15 is 0 Å². The molecule has 2 aromatic carbocycles. The SMILES string of the molecule is N#Cc1c(C(F)(F)F)cc(-c2ccccc2)n(Cc2ccccc2Br)c1=O. The molecular formula is C20H12BrF3N2O. The number of aromatic nitrogens is 1. The predicted octanol–water partition coefficient (Wildman–Crippen LogP) is 5.22. The largest absolute Gasteiger partial charge is 0.417 e. The van der Waals surface area contributed by atoms with E-state index < -0.39 is 22.9 Å². The minimum absolute atomic E-state index is 0.0251. The lowest BCUT2D eigenvalue weighted by atomic mass is 10.0. The van der Waals surface area contributed by atoms with Gasteiger partial charge in [-0.25, -0.2) is 0 Å². The fraction of sp³-hybridized carbons (Fsp3) is 0.100. The normalized spacial score (nSPS) is 11.2. The Hall–Kier alpha value is -2.85. The maximum Gasteiger partial charge on any atom is 0.417 e. The van der Waals surface area contributed by atoms with Gasteiger partial charge >= 0.3 is 6.18 Å². The Kier molecular flexibility index (Phi) is 5.19. The van der Waals surface area contributed by atoms with Crippen molar-refractivity contribution >= 4 is 15.9 Å². The Labute approximate surface area is 161 Å². The summed E-state index contributed by atoms with van der Waals surface area (Å²) in [5.74, 6) is 0. The van der Waals surface area contributed by atoms with Crippen LogP contribution < -0.4 is 5.56 Å². The predicted molar refractivity (Wildman–Crippen MR) is 99.1 cm³/mol. The summed E-state index contributed by atoms with van der Waals surface area (Å²) in [6.07, 6.45) is -4.81. The molecule has 0 atom stereocenters. The van der Waals surface area contributed by atoms with Crippen molar-refractivity contribution in [3.63, 3.8) is 0 Å². The monoisotopic (exact) mass is 432 g/mol. The maximum absolute atomic E-state index is 13.4. The molecule has 3 rings (SSSR count). The average molecular weight is 433 g/mol. The van der Waals surface area contributed by atoms with Crippen molar-refractivity contribution in [2.75, 3.05) is 0 Å². The molecule has 0 fully saturated rings. The van der Waals surface area contributed by atoms with Crippen molar-refractivity contribution in [1.29, 1.82) is 5.26 Å². The van der Waals surface area contributed by atoms with E-state index in [9.17, 15) is 23.2 Å². The third-order valence-electron chi connectivity index (χ3n) is 4.07. The molecule has 1 heterocycles. The Morgan fingerprint density at radius 1 is 1.04 bits per heavy atom. The fourth-order valence-electron chi connectivity index (χ4n) is 2.78. The van der Waals surface area contributed by atoms with Crippen molar-refractivity contribution in [3.05, 3.63) is 92.2 Å². The van der Waals surface area contributed by atoms with Crippen LogP contribution in [0.25, 0.3) is 11.3 Å². The lowest BCUT2D eigenvalue weighted by Crippen LogP contribution is -2.28. The minimum Gasteiger partial charge on any atom is -0.303 e. The maximum atomic E-state index is 13.4. The highest BCUT2D eigenvalue weighted by Crippen LogP contribution is 2.34. The molecule has 3 aromatic rings. The zero-order valence-electron chi connectivity index (χ0n) is 13.8. The second kappa shape index (κ2) is 7.41. The number of hydrogen-bond acceptors (Lipinski definition) is 2. The van der Waals surface area contributed by atoms with Crippen LogP contribution in [0.15, 0.2) is 69.9 Å². The molecule has 0 bridgehead atoms. The van der Waals surface area contributed by atoms with Gasteiger partial charge in [-0.2, -0.15) is 18.4 Å². The first-order valence-corrected chi connectivity index (χ1v) is 8.66. The molecule has 7 heteroatoms. The number of nitriles is 1. The van der Waals surface area contributed by atoms with Gasteiger partial charge in [0.05, 0.1) is 17.8 Å². The molecule has 3 nitrogen and oxygen atoms in total. The third kappa shape index (κ3) is 3.81. The Morgan fingerprint density at radius 2 is 1.67 bits per heavy atom. The molecule has 0 unspecified atom stereocenters. The molecule has 136 valence electrons. The minimum atomic E-state index is -4.81. The van der Waals surface area contributed by atoms with E-state index in [4.69, 9.17) is 0 Å². The third-order valence-corrected chi connectivity index (χ3v) is 4.85. The summed E-state index contributed by atoms with van der Waals surface area (Å²) >= 11 is 3.38. The lowest BCUT2D eigenvalue weighted by molar-refractivity contribution is -0.137. The van der Waals surface area contributed by atoms with Gasteiger partial charge in [-0.05, 0) is 23.3 Å². The van der Waals surface area contributed by atoms with E-state index in [2.05, 4.69) is 15.9 Å². The highest BCUT2D eigenvalue weighted by molar-refractivity contribution is 9.10. The molecule has 0 aliphatic heterocycles. The first-order chi connectivity index (χ1) is 12.8. The molecule has 0 saturated carbocycles. The van der Waals surface area contributed by atoms with Crippen LogP contribution in [0.2, 0.25) is 0 Å². The van der Waals surface area contributed by atoms with Crippen LogP contribution in [-0.2, 0) is 12.7 Å². The second-order valence-electron chi connectivity index (χ2n) is 5.78. The molecule has 0 spiro atoms. The lowest BCUT2D eigenvalue weighted by Gasteiger charge is -2.18. The van der Waals surface area contributed by atoms with E-state index in [-0.39, 0.29) is 12.2 Å². The first-order valence-electron chi connectivity index (χ1n) is 7.87. The zero-order valence-corrected chi connectivity index (χ0v) is 15.4. The topological polar surface area (TPSA) is 45.8 Å². The first kappa shape index (κ1) is 18.9. The summed E-state index contributed by atoms with van der Waals surface area (Å²) in [6, 6.07) is 17.7. The Bertz CT molecular complexity index is 1080. The molecule has 0 aliphatic rings. The highest BCUT2D eigenvalue weighted by atomic mass is 79.9. The van der Waals surface area contributed by atoms with Crippen molar-refractivity contribution < 1.29 is 13.2 Å². The van der Waals surface area contributed by atoms with E-state index in [1.165, 1.54) is 10.6 Å². The van der Waals surface area contributed by atoms with Gasteiger partial charge in [0.1, 0.15) is 11.6 Å². The number of pyridine rings is 1. The average Bonchev–Trinajstić information content (AvgIpc) is 2.64.